The lowest BCUT2D eigenvalue weighted by Crippen LogP contribution is -2.58. The molecule has 2 aromatic carbocycles. The molecule has 0 aliphatic carbocycles. The standard InChI is InChI=1S/C19H16INO4/c1-24-19(23)21-13-10-6-5-9-12(13)15-14(11-7-3-2-4-8-11)18(22)25-17(21)16(15)20/h2-10,14-17H,1H3/t14?,15-,16-,17+/m0/s1. The summed E-state index contributed by atoms with van der Waals surface area (Å²) < 4.78 is 10.6. The van der Waals surface area contributed by atoms with E-state index in [0.717, 1.165) is 16.8 Å². The van der Waals surface area contributed by atoms with E-state index in [4.69, 9.17) is 9.47 Å². The highest BCUT2D eigenvalue weighted by Crippen LogP contribution is 2.52. The van der Waals surface area contributed by atoms with E-state index in [1.807, 2.05) is 54.6 Å². The molecule has 0 aromatic heterocycles. The first-order valence-electron chi connectivity index (χ1n) is 7.99. The summed E-state index contributed by atoms with van der Waals surface area (Å²) in [6.45, 7) is 0. The maximum atomic E-state index is 12.8. The van der Waals surface area contributed by atoms with Crippen molar-refractivity contribution in [2.24, 2.45) is 0 Å². The molecule has 2 aliphatic rings. The molecule has 1 fully saturated rings. The van der Waals surface area contributed by atoms with Gasteiger partial charge in [0.15, 0.2) is 6.23 Å². The van der Waals surface area contributed by atoms with E-state index < -0.39 is 12.3 Å². The van der Waals surface area contributed by atoms with Gasteiger partial charge in [-0.15, -0.1) is 0 Å². The fourth-order valence-corrected chi connectivity index (χ4v) is 5.01. The Morgan fingerprint density at radius 1 is 1.12 bits per heavy atom. The maximum Gasteiger partial charge on any atom is 0.417 e. The van der Waals surface area contributed by atoms with E-state index in [9.17, 15) is 9.59 Å². The monoisotopic (exact) mass is 449 g/mol. The molecule has 4 atom stereocenters. The van der Waals surface area contributed by atoms with Crippen LogP contribution < -0.4 is 4.90 Å². The summed E-state index contributed by atoms with van der Waals surface area (Å²) in [7, 11) is 1.33. The average molecular weight is 449 g/mol. The number of alkyl halides is 1. The molecule has 0 radical (unpaired) electrons. The van der Waals surface area contributed by atoms with E-state index in [-0.39, 0.29) is 21.7 Å². The van der Waals surface area contributed by atoms with Gasteiger partial charge in [-0.05, 0) is 17.2 Å². The fourth-order valence-electron chi connectivity index (χ4n) is 3.74. The first-order chi connectivity index (χ1) is 12.1. The smallest absolute Gasteiger partial charge is 0.417 e. The molecule has 25 heavy (non-hydrogen) atoms. The number of ether oxygens (including phenoxy) is 2. The number of rotatable bonds is 1. The number of nitrogens with zero attached hydrogens (tertiary/aromatic N) is 1. The number of benzene rings is 2. The van der Waals surface area contributed by atoms with Gasteiger partial charge in [0.25, 0.3) is 0 Å². The molecular formula is C19H16INO4. The van der Waals surface area contributed by atoms with Crippen molar-refractivity contribution in [2.45, 2.75) is 22.0 Å². The van der Waals surface area contributed by atoms with E-state index in [2.05, 4.69) is 22.6 Å². The minimum atomic E-state index is -0.666. The third-order valence-electron chi connectivity index (χ3n) is 4.81. The van der Waals surface area contributed by atoms with E-state index in [1.54, 1.807) is 0 Å². The molecule has 5 nitrogen and oxygen atoms in total. The molecule has 4 rings (SSSR count). The van der Waals surface area contributed by atoms with Crippen LogP contribution in [0.4, 0.5) is 10.5 Å². The van der Waals surface area contributed by atoms with Crippen LogP contribution in [0, 0.1) is 0 Å². The Kier molecular flexibility index (Phi) is 4.15. The Hall–Kier alpha value is -2.09. The van der Waals surface area contributed by atoms with Crippen molar-refractivity contribution in [3.05, 3.63) is 65.7 Å². The van der Waals surface area contributed by atoms with Gasteiger partial charge in [-0.3, -0.25) is 4.79 Å². The van der Waals surface area contributed by atoms with Crippen molar-refractivity contribution in [3.8, 4) is 0 Å². The van der Waals surface area contributed by atoms with Crippen molar-refractivity contribution in [2.75, 3.05) is 12.0 Å². The van der Waals surface area contributed by atoms with E-state index >= 15 is 0 Å². The van der Waals surface area contributed by atoms with E-state index in [1.165, 1.54) is 12.0 Å². The summed E-state index contributed by atoms with van der Waals surface area (Å²) in [5, 5.41) is 0. The molecule has 6 heteroatoms. The van der Waals surface area contributed by atoms with Crippen molar-refractivity contribution in [3.63, 3.8) is 0 Å². The lowest BCUT2D eigenvalue weighted by molar-refractivity contribution is -0.156. The molecular weight excluding hydrogens is 433 g/mol. The number of halogens is 1. The topological polar surface area (TPSA) is 55.8 Å². The second-order valence-electron chi connectivity index (χ2n) is 6.08. The van der Waals surface area contributed by atoms with Crippen LogP contribution in [0.25, 0.3) is 0 Å². The van der Waals surface area contributed by atoms with Gasteiger partial charge in [-0.25, -0.2) is 9.69 Å². The Labute approximate surface area is 159 Å². The Balaban J connectivity index is 1.89. The molecule has 1 saturated heterocycles. The van der Waals surface area contributed by atoms with Gasteiger partial charge in [0.1, 0.15) is 0 Å². The number of fused-ring (bicyclic) bond motifs is 4. The van der Waals surface area contributed by atoms with Crippen LogP contribution in [0.15, 0.2) is 54.6 Å². The first-order valence-corrected chi connectivity index (χ1v) is 9.23. The summed E-state index contributed by atoms with van der Waals surface area (Å²) in [6.07, 6.45) is -1.19. The number of anilines is 1. The number of carbonyl (C=O) groups excluding carboxylic acids is 2. The summed E-state index contributed by atoms with van der Waals surface area (Å²) >= 11 is 2.28. The van der Waals surface area contributed by atoms with Crippen molar-refractivity contribution in [1.29, 1.82) is 0 Å². The van der Waals surface area contributed by atoms with Gasteiger partial charge in [0.2, 0.25) is 0 Å². The molecule has 0 saturated carbocycles. The highest BCUT2D eigenvalue weighted by molar-refractivity contribution is 14.1. The van der Waals surface area contributed by atoms with Crippen LogP contribution in [0.5, 0.6) is 0 Å². The number of carbonyl (C=O) groups is 2. The van der Waals surface area contributed by atoms with Crippen LogP contribution in [-0.2, 0) is 14.3 Å². The van der Waals surface area contributed by atoms with Crippen LogP contribution >= 0.6 is 22.6 Å². The number of methoxy groups -OCH3 is 1. The zero-order valence-corrected chi connectivity index (χ0v) is 15.6. The second kappa shape index (κ2) is 6.33. The first kappa shape index (κ1) is 16.4. The third-order valence-corrected chi connectivity index (χ3v) is 6.20. The van der Waals surface area contributed by atoms with Gasteiger partial charge in [0, 0.05) is 5.92 Å². The van der Waals surface area contributed by atoms with Gasteiger partial charge < -0.3 is 9.47 Å². The SMILES string of the molecule is COC(=O)N1c2ccccc2[C@H]2C(c3ccccc3)C(=O)O[C@@H]1[C@H]2I. The largest absolute Gasteiger partial charge is 0.452 e. The highest BCUT2D eigenvalue weighted by Gasteiger charge is 2.54. The minimum absolute atomic E-state index is 0.0636. The number of amides is 1. The predicted octanol–water partition coefficient (Wildman–Crippen LogP) is 3.83. The number of esters is 1. The molecule has 2 aliphatic heterocycles. The molecule has 0 N–H and O–H groups in total. The minimum Gasteiger partial charge on any atom is -0.452 e. The predicted molar refractivity (Wildman–Crippen MR) is 101 cm³/mol. The van der Waals surface area contributed by atoms with Gasteiger partial charge in [0.05, 0.1) is 22.6 Å². The lowest BCUT2D eigenvalue weighted by atomic mass is 9.74. The Bertz CT molecular complexity index is 825. The normalized spacial score (nSPS) is 27.3. The van der Waals surface area contributed by atoms with Crippen LogP contribution in [0.1, 0.15) is 23.0 Å². The number of hydrogen-bond acceptors (Lipinski definition) is 4. The Morgan fingerprint density at radius 3 is 2.52 bits per heavy atom. The zero-order chi connectivity index (χ0) is 17.6. The van der Waals surface area contributed by atoms with Crippen LogP contribution in [0.3, 0.4) is 0 Å². The summed E-state index contributed by atoms with van der Waals surface area (Å²) in [5.41, 5.74) is 2.64. The summed E-state index contributed by atoms with van der Waals surface area (Å²) in [4.78, 5) is 26.6. The number of hydrogen-bond donors (Lipinski definition) is 0. The quantitative estimate of drug-likeness (QED) is 0.378. The van der Waals surface area contributed by atoms with Gasteiger partial charge in [-0.2, -0.15) is 0 Å². The van der Waals surface area contributed by atoms with Crippen molar-refractivity contribution < 1.29 is 19.1 Å². The van der Waals surface area contributed by atoms with Crippen LogP contribution in [0.2, 0.25) is 0 Å². The zero-order valence-electron chi connectivity index (χ0n) is 13.5. The maximum absolute atomic E-state index is 12.8. The summed E-state index contributed by atoms with van der Waals surface area (Å²) in [6, 6.07) is 17.3. The highest BCUT2D eigenvalue weighted by atomic mass is 127. The molecule has 1 amide bonds. The molecule has 0 spiro atoms. The third kappa shape index (κ3) is 2.50. The average Bonchev–Trinajstić information content (AvgIpc) is 2.64. The van der Waals surface area contributed by atoms with Crippen LogP contribution in [-0.4, -0.2) is 29.3 Å². The Morgan fingerprint density at radius 2 is 1.80 bits per heavy atom. The molecule has 2 bridgehead atoms. The van der Waals surface area contributed by atoms with Crippen molar-refractivity contribution in [1.82, 2.24) is 0 Å². The van der Waals surface area contributed by atoms with E-state index in [0.29, 0.717) is 0 Å². The number of para-hydroxylation sites is 1. The lowest BCUT2D eigenvalue weighted by Gasteiger charge is -2.48. The van der Waals surface area contributed by atoms with Crippen molar-refractivity contribution >= 4 is 40.3 Å². The summed E-state index contributed by atoms with van der Waals surface area (Å²) in [5.74, 6) is -0.760. The molecule has 2 heterocycles. The molecule has 2 aromatic rings. The van der Waals surface area contributed by atoms with Gasteiger partial charge >= 0.3 is 12.1 Å². The molecule has 1 unspecified atom stereocenters. The molecule has 128 valence electrons. The van der Waals surface area contributed by atoms with Gasteiger partial charge in [-0.1, -0.05) is 71.1 Å². The fraction of sp³-hybridized carbons (Fsp3) is 0.263. The second-order valence-corrected chi connectivity index (χ2v) is 7.52.